The molecule has 2 aromatic heterocycles. The van der Waals surface area contributed by atoms with E-state index in [1.165, 1.54) is 0 Å². The van der Waals surface area contributed by atoms with Gasteiger partial charge in [0.1, 0.15) is 5.82 Å². The van der Waals surface area contributed by atoms with Gasteiger partial charge in [0.2, 0.25) is 0 Å². The summed E-state index contributed by atoms with van der Waals surface area (Å²) in [6.07, 6.45) is 3.54. The Labute approximate surface area is 116 Å². The molecule has 0 amide bonds. The predicted octanol–water partition coefficient (Wildman–Crippen LogP) is 4.10. The molecular weight excluding hydrogens is 258 g/mol. The van der Waals surface area contributed by atoms with Crippen LogP contribution in [0.5, 0.6) is 0 Å². The third kappa shape index (κ3) is 2.37. The molecular formula is C15H12ClN3. The zero-order chi connectivity index (χ0) is 13.2. The van der Waals surface area contributed by atoms with Gasteiger partial charge in [-0.15, -0.1) is 0 Å². The summed E-state index contributed by atoms with van der Waals surface area (Å²) < 4.78 is 0. The molecule has 3 rings (SSSR count). The van der Waals surface area contributed by atoms with Crippen LogP contribution in [0.4, 0.5) is 0 Å². The van der Waals surface area contributed by atoms with Crippen molar-refractivity contribution >= 4 is 11.6 Å². The lowest BCUT2D eigenvalue weighted by Gasteiger charge is -2.03. The molecule has 19 heavy (non-hydrogen) atoms. The van der Waals surface area contributed by atoms with Crippen LogP contribution in [0.15, 0.2) is 48.8 Å². The highest BCUT2D eigenvalue weighted by Gasteiger charge is 2.12. The van der Waals surface area contributed by atoms with E-state index in [2.05, 4.69) is 15.0 Å². The molecule has 3 nitrogen and oxygen atoms in total. The number of hydrogen-bond acceptors (Lipinski definition) is 2. The Hall–Kier alpha value is -2.13. The Balaban J connectivity index is 2.18. The second-order valence-electron chi connectivity index (χ2n) is 4.29. The predicted molar refractivity (Wildman–Crippen MR) is 77.0 cm³/mol. The third-order valence-corrected chi connectivity index (χ3v) is 3.12. The number of pyridine rings is 1. The molecule has 0 saturated heterocycles. The van der Waals surface area contributed by atoms with Crippen molar-refractivity contribution in [1.82, 2.24) is 15.0 Å². The van der Waals surface area contributed by atoms with Gasteiger partial charge in [0.15, 0.2) is 0 Å². The number of hydrogen-bond donors (Lipinski definition) is 1. The maximum Gasteiger partial charge on any atom is 0.104 e. The number of aromatic amines is 1. The van der Waals surface area contributed by atoms with Gasteiger partial charge >= 0.3 is 0 Å². The number of imidazole rings is 1. The van der Waals surface area contributed by atoms with Crippen LogP contribution in [0.25, 0.3) is 22.5 Å². The first-order chi connectivity index (χ1) is 9.24. The third-order valence-electron chi connectivity index (χ3n) is 2.89. The second kappa shape index (κ2) is 4.86. The Kier molecular flexibility index (Phi) is 3.05. The van der Waals surface area contributed by atoms with Gasteiger partial charge in [-0.05, 0) is 31.2 Å². The number of H-pyrrole nitrogens is 1. The van der Waals surface area contributed by atoms with E-state index in [-0.39, 0.29) is 0 Å². The Bertz CT molecular complexity index is 704. The van der Waals surface area contributed by atoms with Crippen molar-refractivity contribution in [2.24, 2.45) is 0 Å². The van der Waals surface area contributed by atoms with Crippen LogP contribution in [0, 0.1) is 6.92 Å². The van der Waals surface area contributed by atoms with Crippen LogP contribution in [0.3, 0.4) is 0 Å². The molecule has 0 aliphatic heterocycles. The van der Waals surface area contributed by atoms with Crippen molar-refractivity contribution in [2.75, 3.05) is 0 Å². The molecule has 1 N–H and O–H groups in total. The lowest BCUT2D eigenvalue weighted by Crippen LogP contribution is -1.84. The number of benzene rings is 1. The lowest BCUT2D eigenvalue weighted by molar-refractivity contribution is 1.15. The number of aromatic nitrogens is 3. The average molecular weight is 270 g/mol. The van der Waals surface area contributed by atoms with Crippen molar-refractivity contribution in [3.8, 4) is 22.5 Å². The molecule has 0 atom stereocenters. The van der Waals surface area contributed by atoms with Gasteiger partial charge < -0.3 is 4.98 Å². The SMILES string of the molecule is Cc1nc(-c2cccc(Cl)c2)c(-c2ccncc2)[nH]1. The van der Waals surface area contributed by atoms with Crippen LogP contribution in [0.2, 0.25) is 5.02 Å². The summed E-state index contributed by atoms with van der Waals surface area (Å²) in [4.78, 5) is 11.9. The van der Waals surface area contributed by atoms with Crippen LogP contribution in [-0.4, -0.2) is 15.0 Å². The minimum absolute atomic E-state index is 0.707. The fourth-order valence-corrected chi connectivity index (χ4v) is 2.25. The molecule has 94 valence electrons. The van der Waals surface area contributed by atoms with Gasteiger partial charge in [0.05, 0.1) is 11.4 Å². The fourth-order valence-electron chi connectivity index (χ4n) is 2.06. The highest BCUT2D eigenvalue weighted by molar-refractivity contribution is 6.30. The zero-order valence-corrected chi connectivity index (χ0v) is 11.1. The van der Waals surface area contributed by atoms with E-state index in [1.807, 2.05) is 43.3 Å². The van der Waals surface area contributed by atoms with E-state index in [9.17, 15) is 0 Å². The van der Waals surface area contributed by atoms with E-state index >= 15 is 0 Å². The normalized spacial score (nSPS) is 10.6. The van der Waals surface area contributed by atoms with Crippen LogP contribution in [0.1, 0.15) is 5.82 Å². The van der Waals surface area contributed by atoms with Crippen molar-refractivity contribution < 1.29 is 0 Å². The molecule has 4 heteroatoms. The number of aryl methyl sites for hydroxylation is 1. The van der Waals surface area contributed by atoms with Gasteiger partial charge in [0.25, 0.3) is 0 Å². The van der Waals surface area contributed by atoms with Crippen molar-refractivity contribution in [3.05, 3.63) is 59.6 Å². The number of rotatable bonds is 2. The Morgan fingerprint density at radius 1 is 1.05 bits per heavy atom. The molecule has 0 fully saturated rings. The Morgan fingerprint density at radius 3 is 2.58 bits per heavy atom. The minimum atomic E-state index is 0.707. The van der Waals surface area contributed by atoms with Gasteiger partial charge in [-0.25, -0.2) is 4.98 Å². The first-order valence-corrected chi connectivity index (χ1v) is 6.35. The highest BCUT2D eigenvalue weighted by atomic mass is 35.5. The van der Waals surface area contributed by atoms with Gasteiger partial charge in [0, 0.05) is 28.5 Å². The maximum absolute atomic E-state index is 6.05. The average Bonchev–Trinajstić information content (AvgIpc) is 2.82. The summed E-state index contributed by atoms with van der Waals surface area (Å²) in [6, 6.07) is 11.6. The molecule has 0 bridgehead atoms. The molecule has 0 spiro atoms. The lowest BCUT2D eigenvalue weighted by atomic mass is 10.1. The smallest absolute Gasteiger partial charge is 0.104 e. The van der Waals surface area contributed by atoms with E-state index in [0.29, 0.717) is 5.02 Å². The summed E-state index contributed by atoms with van der Waals surface area (Å²) in [7, 11) is 0. The molecule has 2 heterocycles. The van der Waals surface area contributed by atoms with Crippen molar-refractivity contribution in [2.45, 2.75) is 6.92 Å². The molecule has 1 aromatic carbocycles. The number of nitrogens with zero attached hydrogens (tertiary/aromatic N) is 2. The Morgan fingerprint density at radius 2 is 1.84 bits per heavy atom. The topological polar surface area (TPSA) is 41.6 Å². The number of halogens is 1. The summed E-state index contributed by atoms with van der Waals surface area (Å²) in [5, 5.41) is 0.707. The molecule has 0 saturated carbocycles. The van der Waals surface area contributed by atoms with Crippen LogP contribution in [-0.2, 0) is 0 Å². The van der Waals surface area contributed by atoms with Crippen molar-refractivity contribution in [1.29, 1.82) is 0 Å². The zero-order valence-electron chi connectivity index (χ0n) is 10.4. The van der Waals surface area contributed by atoms with Gasteiger partial charge in [-0.2, -0.15) is 0 Å². The van der Waals surface area contributed by atoms with Gasteiger partial charge in [-0.3, -0.25) is 4.98 Å². The summed E-state index contributed by atoms with van der Waals surface area (Å²) in [5.74, 6) is 0.877. The largest absolute Gasteiger partial charge is 0.342 e. The van der Waals surface area contributed by atoms with E-state index in [0.717, 1.165) is 28.3 Å². The monoisotopic (exact) mass is 269 g/mol. The standard InChI is InChI=1S/C15H12ClN3/c1-10-18-14(11-5-7-17-8-6-11)15(19-10)12-3-2-4-13(16)9-12/h2-9H,1H3,(H,18,19). The molecule has 0 aliphatic carbocycles. The minimum Gasteiger partial charge on any atom is -0.342 e. The molecule has 0 radical (unpaired) electrons. The molecule has 0 unspecified atom stereocenters. The van der Waals surface area contributed by atoms with E-state index < -0.39 is 0 Å². The quantitative estimate of drug-likeness (QED) is 0.761. The van der Waals surface area contributed by atoms with E-state index in [4.69, 9.17) is 11.6 Å². The van der Waals surface area contributed by atoms with Crippen LogP contribution >= 0.6 is 11.6 Å². The molecule has 3 aromatic rings. The molecule has 0 aliphatic rings. The summed E-state index contributed by atoms with van der Waals surface area (Å²) >= 11 is 6.05. The summed E-state index contributed by atoms with van der Waals surface area (Å²) in [5.41, 5.74) is 3.96. The van der Waals surface area contributed by atoms with E-state index in [1.54, 1.807) is 12.4 Å². The first-order valence-electron chi connectivity index (χ1n) is 5.97. The van der Waals surface area contributed by atoms with Crippen LogP contribution < -0.4 is 0 Å². The fraction of sp³-hybridized carbons (Fsp3) is 0.0667. The van der Waals surface area contributed by atoms with Crippen molar-refractivity contribution in [3.63, 3.8) is 0 Å². The number of nitrogens with one attached hydrogen (secondary N) is 1. The van der Waals surface area contributed by atoms with Gasteiger partial charge in [-0.1, -0.05) is 23.7 Å². The first kappa shape index (κ1) is 11.9. The highest BCUT2D eigenvalue weighted by Crippen LogP contribution is 2.30. The summed E-state index contributed by atoms with van der Waals surface area (Å²) in [6.45, 7) is 1.94. The maximum atomic E-state index is 6.05. The second-order valence-corrected chi connectivity index (χ2v) is 4.73.